The summed E-state index contributed by atoms with van der Waals surface area (Å²) >= 11 is 0. The Balaban J connectivity index is 4.49. The van der Waals surface area contributed by atoms with Crippen LogP contribution in [0.1, 0.15) is 278 Å². The van der Waals surface area contributed by atoms with Gasteiger partial charge < -0.3 is 14.2 Å². The standard InChI is InChI=1S/C73H118O6/c1-4-7-10-13-16-19-22-25-28-31-34-35-36-37-40-42-45-48-51-54-57-60-63-66-72(75)78-69-70(79-73(76)67-64-61-58-55-52-49-46-43-39-33-30-27-24-21-18-15-12-9-6-3)68-77-71(74)65-62-59-56-53-50-47-44-41-38-32-29-26-23-20-17-14-11-8-5-2/h7,9-10,12,16-21,25-30,34-35,37,39-40,43,49,52,70H,4-6,8,11,13-15,22-24,31-33,36,38,41-42,44-48,50-51,53-69H2,1-3H3/b10-7-,12-9-,19-16-,20-17-,21-18-,28-25-,29-26-,30-27-,35-34-,40-37-,43-39-,52-49-. The molecule has 0 amide bonds. The largest absolute Gasteiger partial charge is 0.462 e. The highest BCUT2D eigenvalue weighted by atomic mass is 16.6. The van der Waals surface area contributed by atoms with Gasteiger partial charge in [0.1, 0.15) is 13.2 Å². The van der Waals surface area contributed by atoms with Gasteiger partial charge in [0.15, 0.2) is 6.10 Å². The van der Waals surface area contributed by atoms with Crippen LogP contribution in [-0.2, 0) is 28.6 Å². The Morgan fingerprint density at radius 1 is 0.266 bits per heavy atom. The van der Waals surface area contributed by atoms with Gasteiger partial charge in [0.05, 0.1) is 0 Å². The summed E-state index contributed by atoms with van der Waals surface area (Å²) in [5.41, 5.74) is 0. The molecule has 0 aromatic rings. The number of ether oxygens (including phenoxy) is 3. The Morgan fingerprint density at radius 2 is 0.494 bits per heavy atom. The summed E-state index contributed by atoms with van der Waals surface area (Å²) in [5.74, 6) is -0.949. The maximum atomic E-state index is 12.9. The number of unbranched alkanes of at least 4 members (excludes halogenated alkanes) is 22. The van der Waals surface area contributed by atoms with Crippen molar-refractivity contribution < 1.29 is 28.6 Å². The van der Waals surface area contributed by atoms with Crippen LogP contribution in [0.5, 0.6) is 0 Å². The lowest BCUT2D eigenvalue weighted by Gasteiger charge is -2.18. The van der Waals surface area contributed by atoms with E-state index in [9.17, 15) is 14.4 Å². The van der Waals surface area contributed by atoms with Gasteiger partial charge in [0.2, 0.25) is 0 Å². The average Bonchev–Trinajstić information content (AvgIpc) is 3.45. The van der Waals surface area contributed by atoms with Crippen LogP contribution in [0.3, 0.4) is 0 Å². The van der Waals surface area contributed by atoms with Crippen LogP contribution in [-0.4, -0.2) is 37.2 Å². The van der Waals surface area contributed by atoms with Gasteiger partial charge in [-0.1, -0.05) is 263 Å². The van der Waals surface area contributed by atoms with Gasteiger partial charge >= 0.3 is 17.9 Å². The third kappa shape index (κ3) is 64.0. The van der Waals surface area contributed by atoms with E-state index in [0.717, 1.165) is 141 Å². The highest BCUT2D eigenvalue weighted by Crippen LogP contribution is 2.15. The lowest BCUT2D eigenvalue weighted by molar-refractivity contribution is -0.167. The van der Waals surface area contributed by atoms with Crippen molar-refractivity contribution in [1.82, 2.24) is 0 Å². The second kappa shape index (κ2) is 65.8. The minimum Gasteiger partial charge on any atom is -0.462 e. The molecule has 0 fully saturated rings. The lowest BCUT2D eigenvalue weighted by atomic mass is 10.1. The van der Waals surface area contributed by atoms with E-state index in [1.165, 1.54) is 96.3 Å². The molecular weight excluding hydrogens is 973 g/mol. The first-order valence-electron chi connectivity index (χ1n) is 32.3. The molecule has 0 aromatic carbocycles. The highest BCUT2D eigenvalue weighted by molar-refractivity contribution is 5.71. The van der Waals surface area contributed by atoms with Crippen LogP contribution in [0.15, 0.2) is 146 Å². The predicted molar refractivity (Wildman–Crippen MR) is 343 cm³/mol. The van der Waals surface area contributed by atoms with Crippen LogP contribution in [0.25, 0.3) is 0 Å². The number of allylic oxidation sites excluding steroid dienone is 24. The number of carbonyl (C=O) groups is 3. The van der Waals surface area contributed by atoms with Gasteiger partial charge in [0.25, 0.3) is 0 Å². The van der Waals surface area contributed by atoms with E-state index in [1.54, 1.807) is 0 Å². The van der Waals surface area contributed by atoms with E-state index in [0.29, 0.717) is 12.8 Å². The van der Waals surface area contributed by atoms with E-state index in [2.05, 4.69) is 167 Å². The molecule has 0 radical (unpaired) electrons. The number of esters is 3. The molecule has 0 spiro atoms. The summed E-state index contributed by atoms with van der Waals surface area (Å²) in [6.07, 6.45) is 94.1. The lowest BCUT2D eigenvalue weighted by Crippen LogP contribution is -2.30. The molecule has 6 nitrogen and oxygen atoms in total. The zero-order chi connectivity index (χ0) is 57.1. The fraction of sp³-hybridized carbons (Fsp3) is 0.630. The Bertz CT molecular complexity index is 1730. The van der Waals surface area contributed by atoms with Gasteiger partial charge in [-0.05, 0) is 141 Å². The SMILES string of the molecule is CC/C=C\C/C=C\C/C=C\C/C=C\C/C=C\CCCCCCCCCC(=O)OCC(COC(=O)CCCCCCCCCCC/C=C\C/C=C\CCCCC)OC(=O)CCCCC/C=C\C/C=C\C/C=C\C/C=C\C/C=C\CC. The normalized spacial score (nSPS) is 13.1. The minimum absolute atomic E-state index is 0.102. The molecule has 0 heterocycles. The van der Waals surface area contributed by atoms with E-state index < -0.39 is 6.10 Å². The third-order valence-corrected chi connectivity index (χ3v) is 13.3. The average molecular weight is 1090 g/mol. The summed E-state index contributed by atoms with van der Waals surface area (Å²) in [6.45, 7) is 6.36. The maximum absolute atomic E-state index is 12.9. The summed E-state index contributed by atoms with van der Waals surface area (Å²) in [7, 11) is 0. The molecule has 79 heavy (non-hydrogen) atoms. The predicted octanol–water partition coefficient (Wildman–Crippen LogP) is 22.3. The Hall–Kier alpha value is -4.71. The Kier molecular flexibility index (Phi) is 61.9. The van der Waals surface area contributed by atoms with Gasteiger partial charge in [-0.25, -0.2) is 0 Å². The van der Waals surface area contributed by atoms with Crippen molar-refractivity contribution in [1.29, 1.82) is 0 Å². The van der Waals surface area contributed by atoms with Gasteiger partial charge in [0, 0.05) is 19.3 Å². The van der Waals surface area contributed by atoms with Crippen molar-refractivity contribution in [2.45, 2.75) is 284 Å². The second-order valence-electron chi connectivity index (χ2n) is 20.9. The van der Waals surface area contributed by atoms with Crippen molar-refractivity contribution in [3.63, 3.8) is 0 Å². The van der Waals surface area contributed by atoms with Crippen LogP contribution < -0.4 is 0 Å². The number of hydrogen-bond acceptors (Lipinski definition) is 6. The summed E-state index contributed by atoms with van der Waals surface area (Å²) < 4.78 is 16.9. The quantitative estimate of drug-likeness (QED) is 0.0261. The molecule has 0 saturated carbocycles. The Morgan fingerprint density at radius 3 is 0.785 bits per heavy atom. The molecule has 1 unspecified atom stereocenters. The monoisotopic (exact) mass is 1090 g/mol. The molecule has 0 N–H and O–H groups in total. The smallest absolute Gasteiger partial charge is 0.306 e. The Labute approximate surface area is 487 Å². The molecule has 0 aromatic heterocycles. The first-order chi connectivity index (χ1) is 39.0. The molecule has 6 heteroatoms. The van der Waals surface area contributed by atoms with Crippen LogP contribution in [0.4, 0.5) is 0 Å². The maximum Gasteiger partial charge on any atom is 0.306 e. The van der Waals surface area contributed by atoms with Crippen LogP contribution >= 0.6 is 0 Å². The second-order valence-corrected chi connectivity index (χ2v) is 20.9. The number of carbonyl (C=O) groups excluding carboxylic acids is 3. The fourth-order valence-corrected chi connectivity index (χ4v) is 8.53. The van der Waals surface area contributed by atoms with E-state index in [4.69, 9.17) is 14.2 Å². The van der Waals surface area contributed by atoms with E-state index in [1.807, 2.05) is 0 Å². The minimum atomic E-state index is -0.811. The fourth-order valence-electron chi connectivity index (χ4n) is 8.53. The van der Waals surface area contributed by atoms with Crippen molar-refractivity contribution in [3.05, 3.63) is 146 Å². The number of hydrogen-bond donors (Lipinski definition) is 0. The van der Waals surface area contributed by atoms with Crippen LogP contribution in [0.2, 0.25) is 0 Å². The number of rotatable bonds is 57. The molecular formula is C73H118O6. The zero-order valence-corrected chi connectivity index (χ0v) is 51.1. The summed E-state index contributed by atoms with van der Waals surface area (Å²) in [6, 6.07) is 0. The molecule has 0 aliphatic rings. The van der Waals surface area contributed by atoms with Crippen molar-refractivity contribution in [2.75, 3.05) is 13.2 Å². The highest BCUT2D eigenvalue weighted by Gasteiger charge is 2.19. The first-order valence-corrected chi connectivity index (χ1v) is 32.3. The third-order valence-electron chi connectivity index (χ3n) is 13.3. The van der Waals surface area contributed by atoms with Crippen molar-refractivity contribution in [2.24, 2.45) is 0 Å². The topological polar surface area (TPSA) is 78.9 Å². The summed E-state index contributed by atoms with van der Waals surface area (Å²) in [5, 5.41) is 0. The molecule has 446 valence electrons. The van der Waals surface area contributed by atoms with Crippen molar-refractivity contribution in [3.8, 4) is 0 Å². The molecule has 0 aliphatic carbocycles. The molecule has 0 aliphatic heterocycles. The van der Waals surface area contributed by atoms with Gasteiger partial charge in [-0.15, -0.1) is 0 Å². The van der Waals surface area contributed by atoms with E-state index >= 15 is 0 Å². The zero-order valence-electron chi connectivity index (χ0n) is 51.1. The molecule has 0 saturated heterocycles. The molecule has 0 rings (SSSR count). The molecule has 0 bridgehead atoms. The van der Waals surface area contributed by atoms with E-state index in [-0.39, 0.29) is 37.5 Å². The van der Waals surface area contributed by atoms with Crippen LogP contribution in [0, 0.1) is 0 Å². The van der Waals surface area contributed by atoms with Gasteiger partial charge in [-0.2, -0.15) is 0 Å². The van der Waals surface area contributed by atoms with Gasteiger partial charge in [-0.3, -0.25) is 14.4 Å². The van der Waals surface area contributed by atoms with Crippen molar-refractivity contribution >= 4 is 17.9 Å². The molecule has 1 atom stereocenters. The summed E-state index contributed by atoms with van der Waals surface area (Å²) in [4.78, 5) is 38.4. The first kappa shape index (κ1) is 74.3.